The molecule has 0 aromatic rings. The molecule has 2 atom stereocenters. The first-order valence-corrected chi connectivity index (χ1v) is 7.81. The summed E-state index contributed by atoms with van der Waals surface area (Å²) in [5.41, 5.74) is 9.36. The van der Waals surface area contributed by atoms with Gasteiger partial charge in [-0.2, -0.15) is 0 Å². The minimum atomic E-state index is -1.78. The smallest absolute Gasteiger partial charge is 0.340 e. The van der Waals surface area contributed by atoms with Gasteiger partial charge in [-0.1, -0.05) is 26.7 Å². The topological polar surface area (TPSA) is 125 Å². The summed E-state index contributed by atoms with van der Waals surface area (Å²) in [7, 11) is 0. The lowest BCUT2D eigenvalue weighted by molar-refractivity contribution is -0.151. The van der Waals surface area contributed by atoms with Gasteiger partial charge >= 0.3 is 5.97 Å². The van der Waals surface area contributed by atoms with E-state index in [0.29, 0.717) is 25.8 Å². The van der Waals surface area contributed by atoms with E-state index < -0.39 is 23.5 Å². The van der Waals surface area contributed by atoms with Crippen molar-refractivity contribution in [2.75, 3.05) is 13.2 Å². The van der Waals surface area contributed by atoms with E-state index in [2.05, 4.69) is 5.32 Å². The first-order valence-electron chi connectivity index (χ1n) is 7.81. The van der Waals surface area contributed by atoms with Gasteiger partial charge in [0, 0.05) is 0 Å². The van der Waals surface area contributed by atoms with Crippen LogP contribution in [0.1, 0.15) is 52.4 Å². The van der Waals surface area contributed by atoms with Crippen LogP contribution in [0.25, 0.3) is 0 Å². The number of nitrogens with two attached hydrogens (primary N) is 2. The van der Waals surface area contributed by atoms with Crippen molar-refractivity contribution in [3.8, 4) is 0 Å². The molecule has 0 aromatic carbocycles. The third kappa shape index (κ3) is 6.53. The van der Waals surface area contributed by atoms with Crippen molar-refractivity contribution in [3.05, 3.63) is 0 Å². The van der Waals surface area contributed by atoms with E-state index in [1.54, 1.807) is 13.2 Å². The van der Waals surface area contributed by atoms with Crippen molar-refractivity contribution in [1.82, 2.24) is 5.32 Å². The first-order chi connectivity index (χ1) is 10.5. The summed E-state index contributed by atoms with van der Waals surface area (Å²) in [5, 5.41) is 2.39. The molecule has 1 amide bonds. The Hall–Kier alpha value is -1.47. The van der Waals surface area contributed by atoms with Gasteiger partial charge in [0.05, 0.1) is 12.6 Å². The van der Waals surface area contributed by atoms with Crippen LogP contribution in [-0.2, 0) is 19.1 Å². The van der Waals surface area contributed by atoms with Crippen LogP contribution in [0.3, 0.4) is 0 Å². The number of amides is 1. The van der Waals surface area contributed by atoms with Crippen LogP contribution in [-0.4, -0.2) is 42.9 Å². The summed E-state index contributed by atoms with van der Waals surface area (Å²) in [5.74, 6) is -1.35. The number of ether oxygens (including phenoxy) is 1. The standard InChI is InChI=1S/C15H28N3O4/c1-3-5-10-22-14(21)15(4-2,11-19)18-13(20)12(17)8-6-7-9-16/h12H,3-10,16-17H2,1-2H3,(H,18,20)/t12-,15-/m0/s1. The molecule has 0 spiro atoms. The number of hydrogen-bond acceptors (Lipinski definition) is 6. The van der Waals surface area contributed by atoms with Gasteiger partial charge in [-0.3, -0.25) is 9.59 Å². The van der Waals surface area contributed by atoms with Crippen LogP contribution in [0.2, 0.25) is 0 Å². The second-order valence-corrected chi connectivity index (χ2v) is 5.23. The Balaban J connectivity index is 4.69. The van der Waals surface area contributed by atoms with Gasteiger partial charge in [0.25, 0.3) is 0 Å². The molecular weight excluding hydrogens is 286 g/mol. The molecule has 0 saturated heterocycles. The summed E-state index contributed by atoms with van der Waals surface area (Å²) in [6.45, 7) is 4.29. The molecule has 22 heavy (non-hydrogen) atoms. The zero-order valence-electron chi connectivity index (χ0n) is 13.5. The molecule has 0 aliphatic heterocycles. The Bertz CT molecular complexity index is 363. The molecule has 1 radical (unpaired) electrons. The Kier molecular flexibility index (Phi) is 10.4. The van der Waals surface area contributed by atoms with E-state index in [-0.39, 0.29) is 13.0 Å². The fourth-order valence-electron chi connectivity index (χ4n) is 1.80. The average Bonchev–Trinajstić information content (AvgIpc) is 2.52. The summed E-state index contributed by atoms with van der Waals surface area (Å²) in [6.07, 6.45) is 5.12. The normalized spacial score (nSPS) is 14.7. The van der Waals surface area contributed by atoms with Gasteiger partial charge in [0.15, 0.2) is 0 Å². The SMILES string of the molecule is CCCCOC(=O)[C@@]([C]=O)(CC)NC(=O)[C@@H](N)CCCCN. The monoisotopic (exact) mass is 314 g/mol. The molecule has 0 saturated carbocycles. The maximum absolute atomic E-state index is 12.1. The van der Waals surface area contributed by atoms with Crippen LogP contribution >= 0.6 is 0 Å². The fourth-order valence-corrected chi connectivity index (χ4v) is 1.80. The molecule has 0 unspecified atom stereocenters. The number of carbonyl (C=O) groups excluding carboxylic acids is 3. The number of nitrogens with one attached hydrogen (secondary N) is 1. The van der Waals surface area contributed by atoms with Gasteiger partial charge in [-0.25, -0.2) is 4.79 Å². The third-order valence-electron chi connectivity index (χ3n) is 3.43. The van der Waals surface area contributed by atoms with Gasteiger partial charge in [0.2, 0.25) is 17.7 Å². The molecular formula is C15H28N3O4. The van der Waals surface area contributed by atoms with E-state index in [1.807, 2.05) is 6.92 Å². The van der Waals surface area contributed by atoms with Crippen molar-refractivity contribution in [2.24, 2.45) is 11.5 Å². The van der Waals surface area contributed by atoms with E-state index in [0.717, 1.165) is 12.8 Å². The van der Waals surface area contributed by atoms with Gasteiger partial charge in [0.1, 0.15) is 0 Å². The van der Waals surface area contributed by atoms with E-state index in [9.17, 15) is 14.4 Å². The highest BCUT2D eigenvalue weighted by molar-refractivity contribution is 6.02. The molecule has 7 nitrogen and oxygen atoms in total. The summed E-state index contributed by atoms with van der Waals surface area (Å²) in [6, 6.07) is -0.797. The average molecular weight is 314 g/mol. The van der Waals surface area contributed by atoms with E-state index in [1.165, 1.54) is 0 Å². The maximum Gasteiger partial charge on any atom is 0.340 e. The third-order valence-corrected chi connectivity index (χ3v) is 3.43. The van der Waals surface area contributed by atoms with Crippen molar-refractivity contribution >= 4 is 18.2 Å². The van der Waals surface area contributed by atoms with Crippen LogP contribution < -0.4 is 16.8 Å². The van der Waals surface area contributed by atoms with Gasteiger partial charge in [-0.15, -0.1) is 0 Å². The van der Waals surface area contributed by atoms with Gasteiger partial charge in [-0.05, 0) is 32.2 Å². The zero-order valence-corrected chi connectivity index (χ0v) is 13.5. The summed E-state index contributed by atoms with van der Waals surface area (Å²) in [4.78, 5) is 35.4. The van der Waals surface area contributed by atoms with E-state index in [4.69, 9.17) is 16.2 Å². The molecule has 5 N–H and O–H groups in total. The van der Waals surface area contributed by atoms with Crippen molar-refractivity contribution in [3.63, 3.8) is 0 Å². The number of esters is 1. The lowest BCUT2D eigenvalue weighted by Gasteiger charge is -2.26. The Morgan fingerprint density at radius 2 is 1.95 bits per heavy atom. The summed E-state index contributed by atoms with van der Waals surface area (Å²) >= 11 is 0. The lowest BCUT2D eigenvalue weighted by Crippen LogP contribution is -2.59. The molecule has 0 rings (SSSR count). The number of hydrogen-bond donors (Lipinski definition) is 3. The maximum atomic E-state index is 12.1. The molecule has 127 valence electrons. The van der Waals surface area contributed by atoms with Crippen LogP contribution in [0.5, 0.6) is 0 Å². The minimum absolute atomic E-state index is 0.0583. The molecule has 0 aliphatic carbocycles. The van der Waals surface area contributed by atoms with E-state index >= 15 is 0 Å². The quantitative estimate of drug-likeness (QED) is 0.268. The Morgan fingerprint density at radius 3 is 2.45 bits per heavy atom. The largest absolute Gasteiger partial charge is 0.464 e. The predicted octanol–water partition coefficient (Wildman–Crippen LogP) is 0.161. The highest BCUT2D eigenvalue weighted by atomic mass is 16.5. The van der Waals surface area contributed by atoms with Crippen molar-refractivity contribution in [1.29, 1.82) is 0 Å². The number of carbonyl (C=O) groups is 2. The number of unbranched alkanes of at least 4 members (excludes halogenated alkanes) is 2. The minimum Gasteiger partial charge on any atom is -0.464 e. The molecule has 0 bridgehead atoms. The molecule has 7 heteroatoms. The van der Waals surface area contributed by atoms with Gasteiger partial charge < -0.3 is 21.5 Å². The van der Waals surface area contributed by atoms with Crippen molar-refractivity contribution in [2.45, 2.75) is 64.0 Å². The van der Waals surface area contributed by atoms with Crippen LogP contribution in [0, 0.1) is 0 Å². The van der Waals surface area contributed by atoms with Crippen LogP contribution in [0.15, 0.2) is 0 Å². The highest BCUT2D eigenvalue weighted by Gasteiger charge is 2.41. The highest BCUT2D eigenvalue weighted by Crippen LogP contribution is 2.12. The zero-order chi connectivity index (χ0) is 17.0. The molecule has 0 heterocycles. The number of rotatable bonds is 12. The second-order valence-electron chi connectivity index (χ2n) is 5.23. The first kappa shape index (κ1) is 20.5. The molecule has 0 aromatic heterocycles. The lowest BCUT2D eigenvalue weighted by atomic mass is 9.97. The van der Waals surface area contributed by atoms with Crippen molar-refractivity contribution < 1.29 is 19.1 Å². The van der Waals surface area contributed by atoms with Crippen LogP contribution in [0.4, 0.5) is 0 Å². The summed E-state index contributed by atoms with van der Waals surface area (Å²) < 4.78 is 5.04. The Labute approximate surface area is 132 Å². The fraction of sp³-hybridized carbons (Fsp3) is 0.800. The molecule has 0 aliphatic rings. The molecule has 0 fully saturated rings. The predicted molar refractivity (Wildman–Crippen MR) is 83.6 cm³/mol. The second kappa shape index (κ2) is 11.1. The Morgan fingerprint density at radius 1 is 1.27 bits per heavy atom.